The summed E-state index contributed by atoms with van der Waals surface area (Å²) in [5.41, 5.74) is 1.84. The molecule has 0 saturated heterocycles. The molecule has 0 aromatic heterocycles. The highest BCUT2D eigenvalue weighted by atomic mass is 16.3. The van der Waals surface area contributed by atoms with E-state index in [1.54, 1.807) is 5.57 Å². The molecule has 9 atom stereocenters. The van der Waals surface area contributed by atoms with Crippen molar-refractivity contribution in [1.82, 2.24) is 0 Å². The monoisotopic (exact) mass is 402 g/mol. The summed E-state index contributed by atoms with van der Waals surface area (Å²) in [5, 5.41) is 21.8. The molecule has 3 saturated carbocycles. The number of aliphatic hydroxyl groups is 2. The van der Waals surface area contributed by atoms with Crippen LogP contribution in [0.1, 0.15) is 99.3 Å². The van der Waals surface area contributed by atoms with Crippen LogP contribution in [0.15, 0.2) is 11.6 Å². The zero-order chi connectivity index (χ0) is 21.2. The number of rotatable bonds is 4. The highest BCUT2D eigenvalue weighted by Crippen LogP contribution is 2.67. The van der Waals surface area contributed by atoms with Crippen LogP contribution in [0.4, 0.5) is 0 Å². The Kier molecular flexibility index (Phi) is 5.56. The molecule has 0 heterocycles. The second-order valence-corrected chi connectivity index (χ2v) is 12.3. The maximum Gasteiger partial charge on any atom is 0.0682 e. The Morgan fingerprint density at radius 3 is 2.41 bits per heavy atom. The van der Waals surface area contributed by atoms with Crippen molar-refractivity contribution in [2.45, 2.75) is 111 Å². The molecule has 0 bridgehead atoms. The Hall–Kier alpha value is -0.340. The van der Waals surface area contributed by atoms with Crippen molar-refractivity contribution >= 4 is 0 Å². The van der Waals surface area contributed by atoms with E-state index in [2.05, 4.69) is 47.6 Å². The molecule has 2 N–H and O–H groups in total. The molecule has 0 spiro atoms. The highest BCUT2D eigenvalue weighted by molar-refractivity contribution is 5.27. The molecule has 29 heavy (non-hydrogen) atoms. The van der Waals surface area contributed by atoms with E-state index < -0.39 is 5.60 Å². The van der Waals surface area contributed by atoms with Gasteiger partial charge in [-0.1, -0.05) is 53.2 Å². The first kappa shape index (κ1) is 21.9. The molecule has 4 aliphatic carbocycles. The van der Waals surface area contributed by atoms with Crippen LogP contribution in [0.5, 0.6) is 0 Å². The van der Waals surface area contributed by atoms with Gasteiger partial charge in [0.05, 0.1) is 11.7 Å². The molecule has 166 valence electrons. The molecule has 0 amide bonds. The Balaban J connectivity index is 1.58. The SMILES string of the molecule is CC[C@]1(O)CC[C@@]2(C)C(=CC[C@H]3[C@@H]4CC[C@H]([C@H](C)[C@@H](O)C(C)C)[C@@]4(C)CC[C@@H]32)C1. The van der Waals surface area contributed by atoms with Crippen molar-refractivity contribution in [3.63, 3.8) is 0 Å². The Bertz CT molecular complexity index is 653. The zero-order valence-electron chi connectivity index (χ0n) is 19.9. The van der Waals surface area contributed by atoms with E-state index in [0.717, 1.165) is 37.0 Å². The third-order valence-electron chi connectivity index (χ3n) is 10.8. The van der Waals surface area contributed by atoms with Crippen LogP contribution < -0.4 is 0 Å². The fourth-order valence-corrected chi connectivity index (χ4v) is 8.76. The predicted octanol–water partition coefficient (Wildman–Crippen LogP) is 6.36. The average Bonchev–Trinajstić information content (AvgIpc) is 3.04. The maximum absolute atomic E-state index is 10.9. The first-order valence-corrected chi connectivity index (χ1v) is 12.7. The minimum Gasteiger partial charge on any atom is -0.393 e. The molecule has 3 fully saturated rings. The molecular formula is C27H46O2. The van der Waals surface area contributed by atoms with Gasteiger partial charge in [-0.3, -0.25) is 0 Å². The third kappa shape index (κ3) is 3.27. The summed E-state index contributed by atoms with van der Waals surface area (Å²) >= 11 is 0. The van der Waals surface area contributed by atoms with E-state index in [1.165, 1.54) is 38.5 Å². The largest absolute Gasteiger partial charge is 0.393 e. The summed E-state index contributed by atoms with van der Waals surface area (Å²) in [7, 11) is 0. The van der Waals surface area contributed by atoms with E-state index in [1.807, 2.05) is 0 Å². The number of allylic oxidation sites excluding steroid dienone is 1. The molecule has 4 aliphatic rings. The minimum absolute atomic E-state index is 0.172. The van der Waals surface area contributed by atoms with Gasteiger partial charge in [-0.15, -0.1) is 0 Å². The van der Waals surface area contributed by atoms with Gasteiger partial charge in [0.15, 0.2) is 0 Å². The number of hydrogen-bond donors (Lipinski definition) is 2. The standard InChI is InChI=1S/C27H46O2/c1-7-27(29)15-14-25(5)19(16-27)8-9-20-22-11-10-21(18(4)24(28)17(2)3)26(22,6)13-12-23(20)25/h8,17-18,20-24,28-29H,7,9-16H2,1-6H3/t18-,20-,21+,22-,23-,24-,25-,26+,27-/m0/s1. The second kappa shape index (κ2) is 7.37. The topological polar surface area (TPSA) is 40.5 Å². The predicted molar refractivity (Wildman–Crippen MR) is 120 cm³/mol. The van der Waals surface area contributed by atoms with Crippen LogP contribution in [-0.4, -0.2) is 21.9 Å². The van der Waals surface area contributed by atoms with Crippen molar-refractivity contribution in [3.05, 3.63) is 11.6 Å². The lowest BCUT2D eigenvalue weighted by Crippen LogP contribution is -2.52. The van der Waals surface area contributed by atoms with Gasteiger partial charge in [0.1, 0.15) is 0 Å². The van der Waals surface area contributed by atoms with Crippen molar-refractivity contribution in [2.75, 3.05) is 0 Å². The molecule has 0 unspecified atom stereocenters. The van der Waals surface area contributed by atoms with Crippen LogP contribution >= 0.6 is 0 Å². The summed E-state index contributed by atoms with van der Waals surface area (Å²) in [6.45, 7) is 13.9. The van der Waals surface area contributed by atoms with Gasteiger partial charge in [-0.2, -0.15) is 0 Å². The number of hydrogen-bond acceptors (Lipinski definition) is 2. The second-order valence-electron chi connectivity index (χ2n) is 12.3. The van der Waals surface area contributed by atoms with Crippen molar-refractivity contribution in [3.8, 4) is 0 Å². The number of aliphatic hydroxyl groups excluding tert-OH is 1. The summed E-state index contributed by atoms with van der Waals surface area (Å²) in [6, 6.07) is 0. The molecule has 0 aromatic carbocycles. The Morgan fingerprint density at radius 1 is 1.03 bits per heavy atom. The maximum atomic E-state index is 10.9. The van der Waals surface area contributed by atoms with Crippen LogP contribution in [0.2, 0.25) is 0 Å². The van der Waals surface area contributed by atoms with Gasteiger partial charge < -0.3 is 10.2 Å². The van der Waals surface area contributed by atoms with Gasteiger partial charge in [-0.05, 0) is 104 Å². The fourth-order valence-electron chi connectivity index (χ4n) is 8.76. The molecule has 4 rings (SSSR count). The van der Waals surface area contributed by atoms with Crippen LogP contribution in [0, 0.1) is 46.3 Å². The average molecular weight is 403 g/mol. The minimum atomic E-state index is -0.456. The first-order valence-electron chi connectivity index (χ1n) is 12.7. The first-order chi connectivity index (χ1) is 13.6. The van der Waals surface area contributed by atoms with Gasteiger partial charge in [0.25, 0.3) is 0 Å². The van der Waals surface area contributed by atoms with E-state index in [-0.39, 0.29) is 6.10 Å². The van der Waals surface area contributed by atoms with Crippen LogP contribution in [0.25, 0.3) is 0 Å². The molecule has 0 aliphatic heterocycles. The van der Waals surface area contributed by atoms with E-state index >= 15 is 0 Å². The van der Waals surface area contributed by atoms with Gasteiger partial charge in [0, 0.05) is 0 Å². The fraction of sp³-hybridized carbons (Fsp3) is 0.926. The smallest absolute Gasteiger partial charge is 0.0682 e. The van der Waals surface area contributed by atoms with Gasteiger partial charge >= 0.3 is 0 Å². The summed E-state index contributed by atoms with van der Waals surface area (Å²) < 4.78 is 0. The highest BCUT2D eigenvalue weighted by Gasteiger charge is 2.60. The Labute approximate surface area is 179 Å². The number of fused-ring (bicyclic) bond motifs is 5. The normalized spacial score (nSPS) is 49.1. The van der Waals surface area contributed by atoms with E-state index in [4.69, 9.17) is 0 Å². The molecule has 0 aromatic rings. The van der Waals surface area contributed by atoms with Gasteiger partial charge in [-0.25, -0.2) is 0 Å². The van der Waals surface area contributed by atoms with Crippen molar-refractivity contribution in [1.29, 1.82) is 0 Å². The van der Waals surface area contributed by atoms with Crippen LogP contribution in [0.3, 0.4) is 0 Å². The lowest BCUT2D eigenvalue weighted by atomic mass is 9.46. The molecule has 2 heteroatoms. The van der Waals surface area contributed by atoms with Crippen molar-refractivity contribution < 1.29 is 10.2 Å². The summed E-state index contributed by atoms with van der Waals surface area (Å²) in [5.74, 6) is 3.84. The summed E-state index contributed by atoms with van der Waals surface area (Å²) in [4.78, 5) is 0. The molecule has 0 radical (unpaired) electrons. The summed E-state index contributed by atoms with van der Waals surface area (Å²) in [6.07, 6.45) is 12.9. The van der Waals surface area contributed by atoms with Crippen molar-refractivity contribution in [2.24, 2.45) is 46.3 Å². The van der Waals surface area contributed by atoms with Crippen LogP contribution in [-0.2, 0) is 0 Å². The quantitative estimate of drug-likeness (QED) is 0.537. The van der Waals surface area contributed by atoms with E-state index in [9.17, 15) is 10.2 Å². The van der Waals surface area contributed by atoms with Gasteiger partial charge in [0.2, 0.25) is 0 Å². The lowest BCUT2D eigenvalue weighted by molar-refractivity contribution is -0.0838. The molecule has 2 nitrogen and oxygen atoms in total. The van der Waals surface area contributed by atoms with E-state index in [0.29, 0.717) is 28.6 Å². The molecular weight excluding hydrogens is 356 g/mol. The Morgan fingerprint density at radius 2 is 1.76 bits per heavy atom. The lowest BCUT2D eigenvalue weighted by Gasteiger charge is -2.59. The third-order valence-corrected chi connectivity index (χ3v) is 10.8. The zero-order valence-corrected chi connectivity index (χ0v) is 19.9.